The molecule has 0 radical (unpaired) electrons. The Morgan fingerprint density at radius 2 is 2.09 bits per heavy atom. The minimum absolute atomic E-state index is 0.630. The molecule has 5 heteroatoms. The smallest absolute Gasteiger partial charge is 0.130 e. The number of hydrogen-bond donors (Lipinski definition) is 2. The molecule has 0 saturated heterocycles. The molecule has 0 fully saturated rings. The molecule has 1 aromatic carbocycles. The van der Waals surface area contributed by atoms with Gasteiger partial charge in [0.25, 0.3) is 0 Å². The highest BCUT2D eigenvalue weighted by molar-refractivity contribution is 6.31. The lowest BCUT2D eigenvalue weighted by Gasteiger charge is -2.16. The first-order valence-corrected chi connectivity index (χ1v) is 7.30. The van der Waals surface area contributed by atoms with Gasteiger partial charge in [0.05, 0.1) is 22.9 Å². The van der Waals surface area contributed by atoms with Crippen LogP contribution in [-0.2, 0) is 5.41 Å². The van der Waals surface area contributed by atoms with Crippen LogP contribution in [0.15, 0.2) is 42.6 Å². The predicted molar refractivity (Wildman–Crippen MR) is 89.5 cm³/mol. The maximum Gasteiger partial charge on any atom is 0.130 e. The molecule has 22 heavy (non-hydrogen) atoms. The van der Waals surface area contributed by atoms with Crippen molar-refractivity contribution in [3.8, 4) is 6.07 Å². The summed E-state index contributed by atoms with van der Waals surface area (Å²) in [6.07, 6.45) is 1.87. The van der Waals surface area contributed by atoms with Crippen molar-refractivity contribution < 1.29 is 0 Å². The Hall–Kier alpha value is -2.51. The van der Waals surface area contributed by atoms with Crippen LogP contribution in [-0.4, -0.2) is 9.97 Å². The zero-order valence-corrected chi connectivity index (χ0v) is 13.1. The van der Waals surface area contributed by atoms with Crippen molar-refractivity contribution >= 4 is 34.0 Å². The van der Waals surface area contributed by atoms with Gasteiger partial charge in [-0.15, -0.1) is 0 Å². The molecular formula is C17H15ClN4. The highest BCUT2D eigenvalue weighted by Crippen LogP contribution is 2.30. The summed E-state index contributed by atoms with van der Waals surface area (Å²) < 4.78 is 0. The fourth-order valence-corrected chi connectivity index (χ4v) is 2.50. The number of pyridine rings is 1. The standard InChI is InChI=1S/C17H15ClN4/c1-17(2,10-19)15-4-3-5-16(22-15)21-14-9-11(18)8-13-12(14)6-7-20-13/h3-9,20H,1-2H3,(H,21,22). The van der Waals surface area contributed by atoms with E-state index in [9.17, 15) is 5.26 Å². The molecule has 0 atom stereocenters. The van der Waals surface area contributed by atoms with Crippen molar-refractivity contribution in [2.24, 2.45) is 0 Å². The van der Waals surface area contributed by atoms with Crippen LogP contribution in [0.4, 0.5) is 11.5 Å². The summed E-state index contributed by atoms with van der Waals surface area (Å²) in [7, 11) is 0. The molecule has 3 aromatic rings. The molecule has 2 aromatic heterocycles. The molecule has 0 saturated carbocycles. The number of nitrogens with zero attached hydrogens (tertiary/aromatic N) is 2. The van der Waals surface area contributed by atoms with E-state index in [2.05, 4.69) is 21.4 Å². The van der Waals surface area contributed by atoms with Gasteiger partial charge in [-0.2, -0.15) is 5.26 Å². The fraction of sp³-hybridized carbons (Fsp3) is 0.176. The van der Waals surface area contributed by atoms with Crippen LogP contribution in [0.3, 0.4) is 0 Å². The lowest BCUT2D eigenvalue weighted by molar-refractivity contribution is 0.661. The number of nitriles is 1. The van der Waals surface area contributed by atoms with Crippen molar-refractivity contribution in [1.82, 2.24) is 9.97 Å². The number of aromatic amines is 1. The third kappa shape index (κ3) is 2.63. The lowest BCUT2D eigenvalue weighted by Crippen LogP contribution is -2.16. The fourth-order valence-electron chi connectivity index (χ4n) is 2.28. The van der Waals surface area contributed by atoms with Crippen LogP contribution in [0.1, 0.15) is 19.5 Å². The molecule has 0 amide bonds. The van der Waals surface area contributed by atoms with Crippen LogP contribution in [0.5, 0.6) is 0 Å². The Morgan fingerprint density at radius 1 is 1.27 bits per heavy atom. The van der Waals surface area contributed by atoms with Gasteiger partial charge in [0, 0.05) is 22.1 Å². The number of H-pyrrole nitrogens is 1. The van der Waals surface area contributed by atoms with Gasteiger partial charge in [-0.3, -0.25) is 0 Å². The second kappa shape index (κ2) is 5.36. The summed E-state index contributed by atoms with van der Waals surface area (Å²) >= 11 is 6.15. The molecule has 0 unspecified atom stereocenters. The molecule has 0 spiro atoms. The summed E-state index contributed by atoms with van der Waals surface area (Å²) in [6.45, 7) is 3.70. The van der Waals surface area contributed by atoms with E-state index in [4.69, 9.17) is 11.6 Å². The second-order valence-electron chi connectivity index (χ2n) is 5.66. The Labute approximate surface area is 133 Å². The van der Waals surface area contributed by atoms with Crippen molar-refractivity contribution in [3.63, 3.8) is 0 Å². The number of hydrogen-bond acceptors (Lipinski definition) is 3. The topological polar surface area (TPSA) is 64.5 Å². The molecular weight excluding hydrogens is 296 g/mol. The average molecular weight is 311 g/mol. The Balaban J connectivity index is 2.01. The van der Waals surface area contributed by atoms with Gasteiger partial charge in [-0.25, -0.2) is 4.98 Å². The maximum atomic E-state index is 9.25. The van der Waals surface area contributed by atoms with Gasteiger partial charge < -0.3 is 10.3 Å². The van der Waals surface area contributed by atoms with Crippen molar-refractivity contribution in [2.45, 2.75) is 19.3 Å². The van der Waals surface area contributed by atoms with Crippen LogP contribution in [0.25, 0.3) is 10.9 Å². The number of aromatic nitrogens is 2. The Kier molecular flexibility index (Phi) is 3.51. The van der Waals surface area contributed by atoms with Crippen LogP contribution >= 0.6 is 11.6 Å². The lowest BCUT2D eigenvalue weighted by atomic mass is 9.91. The minimum atomic E-state index is -0.630. The van der Waals surface area contributed by atoms with Crippen molar-refractivity contribution in [3.05, 3.63) is 53.3 Å². The summed E-state index contributed by atoms with van der Waals surface area (Å²) in [6, 6.07) is 13.6. The first-order valence-electron chi connectivity index (χ1n) is 6.92. The van der Waals surface area contributed by atoms with Crippen molar-refractivity contribution in [2.75, 3.05) is 5.32 Å². The minimum Gasteiger partial charge on any atom is -0.361 e. The molecule has 2 N–H and O–H groups in total. The third-order valence-electron chi connectivity index (χ3n) is 3.57. The Morgan fingerprint density at radius 3 is 2.86 bits per heavy atom. The van der Waals surface area contributed by atoms with E-state index in [1.165, 1.54) is 0 Å². The number of rotatable bonds is 3. The SMILES string of the molecule is CC(C)(C#N)c1cccc(Nc2cc(Cl)cc3[nH]ccc23)n1. The zero-order valence-electron chi connectivity index (χ0n) is 12.3. The molecule has 0 bridgehead atoms. The monoisotopic (exact) mass is 310 g/mol. The summed E-state index contributed by atoms with van der Waals surface area (Å²) in [5.41, 5.74) is 1.94. The van der Waals surface area contributed by atoms with Crippen molar-refractivity contribution in [1.29, 1.82) is 5.26 Å². The molecule has 2 heterocycles. The molecule has 0 aliphatic carbocycles. The third-order valence-corrected chi connectivity index (χ3v) is 3.78. The molecule has 4 nitrogen and oxygen atoms in total. The van der Waals surface area contributed by atoms with Crippen LogP contribution in [0.2, 0.25) is 5.02 Å². The summed E-state index contributed by atoms with van der Waals surface area (Å²) in [5.74, 6) is 0.686. The number of benzene rings is 1. The average Bonchev–Trinajstić information content (AvgIpc) is 2.96. The highest BCUT2D eigenvalue weighted by atomic mass is 35.5. The summed E-state index contributed by atoms with van der Waals surface area (Å²) in [5, 5.41) is 14.2. The number of nitrogens with one attached hydrogen (secondary N) is 2. The van der Waals surface area contributed by atoms with Gasteiger partial charge in [-0.05, 0) is 44.2 Å². The number of halogens is 1. The molecule has 3 rings (SSSR count). The van der Waals surface area contributed by atoms with Gasteiger partial charge in [0.2, 0.25) is 0 Å². The van der Waals surface area contributed by atoms with Gasteiger partial charge in [0.1, 0.15) is 5.82 Å². The maximum absolute atomic E-state index is 9.25. The molecule has 0 aliphatic heterocycles. The van der Waals surface area contributed by atoms with E-state index in [0.717, 1.165) is 22.3 Å². The van der Waals surface area contributed by atoms with Crippen LogP contribution in [0, 0.1) is 11.3 Å². The van der Waals surface area contributed by atoms with E-state index in [0.29, 0.717) is 10.8 Å². The van der Waals surface area contributed by atoms with Gasteiger partial charge in [-0.1, -0.05) is 17.7 Å². The first kappa shape index (κ1) is 14.4. The first-order chi connectivity index (χ1) is 10.5. The number of fused-ring (bicyclic) bond motifs is 1. The van der Waals surface area contributed by atoms with E-state index in [1.54, 1.807) is 0 Å². The molecule has 110 valence electrons. The normalized spacial score (nSPS) is 11.4. The second-order valence-corrected chi connectivity index (χ2v) is 6.10. The quantitative estimate of drug-likeness (QED) is 0.733. The Bertz CT molecular complexity index is 874. The largest absolute Gasteiger partial charge is 0.361 e. The highest BCUT2D eigenvalue weighted by Gasteiger charge is 2.21. The van der Waals surface area contributed by atoms with Gasteiger partial charge in [0.15, 0.2) is 0 Å². The summed E-state index contributed by atoms with van der Waals surface area (Å²) in [4.78, 5) is 7.69. The van der Waals surface area contributed by atoms with E-state index in [1.807, 2.05) is 56.4 Å². The predicted octanol–water partition coefficient (Wildman–Crippen LogP) is 4.76. The van der Waals surface area contributed by atoms with Gasteiger partial charge >= 0.3 is 0 Å². The van der Waals surface area contributed by atoms with E-state index < -0.39 is 5.41 Å². The van der Waals surface area contributed by atoms with E-state index >= 15 is 0 Å². The zero-order chi connectivity index (χ0) is 15.7. The van der Waals surface area contributed by atoms with Crippen LogP contribution < -0.4 is 5.32 Å². The van der Waals surface area contributed by atoms with E-state index in [-0.39, 0.29) is 0 Å². The molecule has 0 aliphatic rings. The number of anilines is 2.